The highest BCUT2D eigenvalue weighted by Gasteiger charge is 2.04. The molecule has 0 aliphatic heterocycles. The van der Waals surface area contributed by atoms with Crippen LogP contribution in [0.25, 0.3) is 10.8 Å². The highest BCUT2D eigenvalue weighted by atomic mass is 16.1. The zero-order chi connectivity index (χ0) is 11.5. The van der Waals surface area contributed by atoms with E-state index in [1.807, 2.05) is 25.2 Å². The number of carbonyl (C=O) groups excluding carboxylic acids is 1. The van der Waals surface area contributed by atoms with Crippen molar-refractivity contribution in [1.29, 1.82) is 0 Å². The number of hydrogen-bond acceptors (Lipinski definition) is 2. The molecule has 0 aromatic heterocycles. The number of fused-ring (bicyclic) bond motifs is 1. The topological polar surface area (TPSA) is 29.1 Å². The first-order valence-electron chi connectivity index (χ1n) is 5.39. The summed E-state index contributed by atoms with van der Waals surface area (Å²) >= 11 is 0. The van der Waals surface area contributed by atoms with Crippen molar-refractivity contribution in [3.63, 3.8) is 0 Å². The van der Waals surface area contributed by atoms with Crippen molar-refractivity contribution in [2.24, 2.45) is 0 Å². The van der Waals surface area contributed by atoms with Crippen LogP contribution in [0.3, 0.4) is 0 Å². The van der Waals surface area contributed by atoms with Gasteiger partial charge in [-0.1, -0.05) is 30.3 Å². The molecule has 16 heavy (non-hydrogen) atoms. The molecule has 1 N–H and O–H groups in total. The molecule has 0 fully saturated rings. The lowest BCUT2D eigenvalue weighted by Crippen LogP contribution is -1.98. The van der Waals surface area contributed by atoms with Crippen molar-refractivity contribution in [3.05, 3.63) is 42.0 Å². The minimum absolute atomic E-state index is 0.192. The van der Waals surface area contributed by atoms with Gasteiger partial charge in [0.05, 0.1) is 0 Å². The molecule has 0 radical (unpaired) electrons. The Morgan fingerprint density at radius 1 is 1.25 bits per heavy atom. The summed E-state index contributed by atoms with van der Waals surface area (Å²) in [7, 11) is 1.90. The molecule has 82 valence electrons. The van der Waals surface area contributed by atoms with E-state index in [1.54, 1.807) is 6.92 Å². The minimum atomic E-state index is 0.192. The maximum atomic E-state index is 11.1. The van der Waals surface area contributed by atoms with Crippen molar-refractivity contribution in [3.8, 4) is 0 Å². The van der Waals surface area contributed by atoms with Gasteiger partial charge in [-0.05, 0) is 23.9 Å². The molecular formula is C14H15NO. The SMILES string of the molecule is CNc1cc(CC(C)=O)cc2ccccc12. The van der Waals surface area contributed by atoms with Crippen molar-refractivity contribution in [2.45, 2.75) is 13.3 Å². The van der Waals surface area contributed by atoms with Crippen LogP contribution in [0, 0.1) is 0 Å². The van der Waals surface area contributed by atoms with E-state index < -0.39 is 0 Å². The smallest absolute Gasteiger partial charge is 0.134 e. The van der Waals surface area contributed by atoms with Gasteiger partial charge >= 0.3 is 0 Å². The number of nitrogens with one attached hydrogen (secondary N) is 1. The standard InChI is InChI=1S/C14H15NO/c1-10(16)7-11-8-12-5-3-4-6-13(12)14(9-11)15-2/h3-6,8-9,15H,7H2,1-2H3. The monoisotopic (exact) mass is 213 g/mol. The van der Waals surface area contributed by atoms with Crippen molar-refractivity contribution >= 4 is 22.2 Å². The van der Waals surface area contributed by atoms with Crippen LogP contribution in [-0.2, 0) is 11.2 Å². The molecule has 0 spiro atoms. The van der Waals surface area contributed by atoms with E-state index in [-0.39, 0.29) is 5.78 Å². The second-order valence-corrected chi connectivity index (χ2v) is 3.99. The van der Waals surface area contributed by atoms with E-state index in [0.717, 1.165) is 11.3 Å². The zero-order valence-electron chi connectivity index (χ0n) is 9.58. The van der Waals surface area contributed by atoms with Crippen LogP contribution in [0.15, 0.2) is 36.4 Å². The molecule has 2 nitrogen and oxygen atoms in total. The molecule has 2 rings (SSSR count). The zero-order valence-corrected chi connectivity index (χ0v) is 9.58. The molecule has 0 saturated heterocycles. The Labute approximate surface area is 95.3 Å². The maximum absolute atomic E-state index is 11.1. The number of anilines is 1. The summed E-state index contributed by atoms with van der Waals surface area (Å²) in [6.07, 6.45) is 0.500. The van der Waals surface area contributed by atoms with Gasteiger partial charge in [0.25, 0.3) is 0 Å². The number of carbonyl (C=O) groups is 1. The highest BCUT2D eigenvalue weighted by Crippen LogP contribution is 2.25. The molecule has 2 aromatic rings. The number of ketones is 1. The molecule has 0 bridgehead atoms. The van der Waals surface area contributed by atoms with E-state index in [4.69, 9.17) is 0 Å². The number of Topliss-reactive ketones (excluding diaryl/α,β-unsaturated/α-hetero) is 1. The molecule has 0 unspecified atom stereocenters. The summed E-state index contributed by atoms with van der Waals surface area (Å²) in [5.41, 5.74) is 2.14. The Hall–Kier alpha value is -1.83. The van der Waals surface area contributed by atoms with Gasteiger partial charge in [-0.25, -0.2) is 0 Å². The molecule has 2 aromatic carbocycles. The first-order valence-corrected chi connectivity index (χ1v) is 5.39. The lowest BCUT2D eigenvalue weighted by molar-refractivity contribution is -0.116. The van der Waals surface area contributed by atoms with E-state index in [1.165, 1.54) is 10.8 Å². The van der Waals surface area contributed by atoms with Gasteiger partial charge in [-0.2, -0.15) is 0 Å². The summed E-state index contributed by atoms with van der Waals surface area (Å²) in [5, 5.41) is 5.54. The molecule has 0 saturated carbocycles. The fraction of sp³-hybridized carbons (Fsp3) is 0.214. The minimum Gasteiger partial charge on any atom is -0.388 e. The third-order valence-electron chi connectivity index (χ3n) is 2.64. The highest BCUT2D eigenvalue weighted by molar-refractivity contribution is 5.95. The van der Waals surface area contributed by atoms with Crippen molar-refractivity contribution < 1.29 is 4.79 Å². The third kappa shape index (κ3) is 2.06. The third-order valence-corrected chi connectivity index (χ3v) is 2.64. The van der Waals surface area contributed by atoms with Crippen LogP contribution < -0.4 is 5.32 Å². The average molecular weight is 213 g/mol. The molecule has 0 atom stereocenters. The first kappa shape index (κ1) is 10.7. The molecule has 0 amide bonds. The van der Waals surface area contributed by atoms with Gasteiger partial charge in [-0.3, -0.25) is 4.79 Å². The largest absolute Gasteiger partial charge is 0.388 e. The molecule has 0 heterocycles. The van der Waals surface area contributed by atoms with Gasteiger partial charge in [0, 0.05) is 24.5 Å². The van der Waals surface area contributed by atoms with Crippen LogP contribution in [0.4, 0.5) is 5.69 Å². The summed E-state index contributed by atoms with van der Waals surface area (Å²) < 4.78 is 0. The fourth-order valence-corrected chi connectivity index (χ4v) is 1.97. The Morgan fingerprint density at radius 2 is 2.00 bits per heavy atom. The van der Waals surface area contributed by atoms with Crippen molar-refractivity contribution in [1.82, 2.24) is 0 Å². The second kappa shape index (κ2) is 4.35. The normalized spacial score (nSPS) is 10.4. The van der Waals surface area contributed by atoms with Crippen LogP contribution in [0.5, 0.6) is 0 Å². The van der Waals surface area contributed by atoms with E-state index in [9.17, 15) is 4.79 Å². The van der Waals surface area contributed by atoms with Gasteiger partial charge < -0.3 is 5.32 Å². The Balaban J connectivity index is 2.58. The quantitative estimate of drug-likeness (QED) is 0.849. The van der Waals surface area contributed by atoms with Crippen molar-refractivity contribution in [2.75, 3.05) is 12.4 Å². The lowest BCUT2D eigenvalue weighted by atomic mass is 10.0. The lowest BCUT2D eigenvalue weighted by Gasteiger charge is -2.08. The van der Waals surface area contributed by atoms with Crippen LogP contribution >= 0.6 is 0 Å². The summed E-state index contributed by atoms with van der Waals surface area (Å²) in [5.74, 6) is 0.192. The molecular weight excluding hydrogens is 198 g/mol. The van der Waals surface area contributed by atoms with Gasteiger partial charge in [0.1, 0.15) is 5.78 Å². The van der Waals surface area contributed by atoms with Gasteiger partial charge in [0.15, 0.2) is 0 Å². The van der Waals surface area contributed by atoms with Crippen LogP contribution in [-0.4, -0.2) is 12.8 Å². The van der Waals surface area contributed by atoms with E-state index >= 15 is 0 Å². The summed E-state index contributed by atoms with van der Waals surface area (Å²) in [4.78, 5) is 11.1. The number of benzene rings is 2. The number of rotatable bonds is 3. The molecule has 2 heteroatoms. The van der Waals surface area contributed by atoms with E-state index in [2.05, 4.69) is 23.5 Å². The van der Waals surface area contributed by atoms with E-state index in [0.29, 0.717) is 6.42 Å². The predicted octanol–water partition coefficient (Wildman–Crippen LogP) is 3.01. The molecule has 0 aliphatic carbocycles. The predicted molar refractivity (Wildman–Crippen MR) is 67.9 cm³/mol. The van der Waals surface area contributed by atoms with Crippen LogP contribution in [0.2, 0.25) is 0 Å². The molecule has 0 aliphatic rings. The summed E-state index contributed by atoms with van der Waals surface area (Å²) in [6, 6.07) is 12.3. The Bertz CT molecular complexity index is 531. The van der Waals surface area contributed by atoms with Gasteiger partial charge in [-0.15, -0.1) is 0 Å². The Kier molecular flexibility index (Phi) is 2.91. The first-order chi connectivity index (χ1) is 7.70. The fourth-order valence-electron chi connectivity index (χ4n) is 1.97. The maximum Gasteiger partial charge on any atom is 0.134 e. The average Bonchev–Trinajstić information content (AvgIpc) is 2.27. The summed E-state index contributed by atoms with van der Waals surface area (Å²) in [6.45, 7) is 1.62. The second-order valence-electron chi connectivity index (χ2n) is 3.99. The number of hydrogen-bond donors (Lipinski definition) is 1. The Morgan fingerprint density at radius 3 is 2.69 bits per heavy atom. The van der Waals surface area contributed by atoms with Crippen LogP contribution in [0.1, 0.15) is 12.5 Å². The van der Waals surface area contributed by atoms with Gasteiger partial charge in [0.2, 0.25) is 0 Å².